The van der Waals surface area contributed by atoms with Gasteiger partial charge < -0.3 is 18.8 Å². The van der Waals surface area contributed by atoms with Crippen LogP contribution in [0, 0.1) is 5.92 Å². The van der Waals surface area contributed by atoms with Crippen LogP contribution in [0.3, 0.4) is 0 Å². The molecule has 3 aromatic rings. The molecule has 0 spiro atoms. The van der Waals surface area contributed by atoms with Crippen LogP contribution in [0.4, 0.5) is 0 Å². The average Bonchev–Trinajstić information content (AvgIpc) is 3.30. The number of hydrogen-bond donors (Lipinski definition) is 1. The van der Waals surface area contributed by atoms with E-state index in [0.717, 1.165) is 30.6 Å². The van der Waals surface area contributed by atoms with E-state index < -0.39 is 7.60 Å². The first-order valence-electron chi connectivity index (χ1n) is 13.6. The number of fused-ring (bicyclic) bond motifs is 1. The Hall–Kier alpha value is -2.68. The van der Waals surface area contributed by atoms with Crippen LogP contribution in [-0.4, -0.2) is 45.6 Å². The first-order valence-corrected chi connectivity index (χ1v) is 15.3. The predicted octanol–water partition coefficient (Wildman–Crippen LogP) is 4.53. The summed E-state index contributed by atoms with van der Waals surface area (Å²) in [5.74, 6) is 1.80. The lowest BCUT2D eigenvalue weighted by Crippen LogP contribution is -2.42. The van der Waals surface area contributed by atoms with E-state index in [1.807, 2.05) is 24.3 Å². The van der Waals surface area contributed by atoms with Gasteiger partial charge in [0.25, 0.3) is 5.56 Å². The molecule has 1 aliphatic rings. The van der Waals surface area contributed by atoms with Crippen LogP contribution < -0.4 is 16.0 Å². The van der Waals surface area contributed by atoms with Gasteiger partial charge in [-0.2, -0.15) is 0 Å². The zero-order valence-corrected chi connectivity index (χ0v) is 23.5. The molecular weight excluding hydrogens is 507 g/mol. The molecule has 1 N–H and O–H groups in total. The lowest BCUT2D eigenvalue weighted by atomic mass is 9.85. The number of aryl methyl sites for hydroxylation is 3. The summed E-state index contributed by atoms with van der Waals surface area (Å²) in [6.45, 7) is 4.99. The molecule has 11 heteroatoms. The number of methoxy groups -OCH3 is 1. The number of benzene rings is 1. The monoisotopic (exact) mass is 546 g/mol. The van der Waals surface area contributed by atoms with Crippen molar-refractivity contribution >= 4 is 18.8 Å². The SMILES string of the molecule is CCOP(=O)(CCCCn1c(=O)n(CC2CCC2)c(=O)c2[nH]c(CCc3cccc(OC)c3)nc21)OCC. The first kappa shape index (κ1) is 28.3. The highest BCUT2D eigenvalue weighted by molar-refractivity contribution is 7.53. The van der Waals surface area contributed by atoms with Gasteiger partial charge in [-0.05, 0) is 69.6 Å². The van der Waals surface area contributed by atoms with E-state index in [4.69, 9.17) is 18.8 Å². The van der Waals surface area contributed by atoms with E-state index in [9.17, 15) is 14.2 Å². The Balaban J connectivity index is 1.57. The van der Waals surface area contributed by atoms with Crippen LogP contribution in [0.15, 0.2) is 33.9 Å². The number of nitrogens with one attached hydrogen (secondary N) is 1. The van der Waals surface area contributed by atoms with Crippen molar-refractivity contribution in [2.24, 2.45) is 5.92 Å². The summed E-state index contributed by atoms with van der Waals surface area (Å²) < 4.78 is 31.9. The highest BCUT2D eigenvalue weighted by Gasteiger charge is 2.25. The standard InChI is InChI=1S/C27H39N4O6P/c1-4-36-38(34,37-5-2)17-7-6-16-30-25-24(26(32)31(27(30)33)19-21-11-8-12-21)28-23(29-25)15-14-20-10-9-13-22(18-20)35-3/h9-10,13,18,21H,4-8,11-12,14-17,19H2,1-3H3,(H,28,29). The molecule has 0 aliphatic heterocycles. The smallest absolute Gasteiger partial charge is 0.332 e. The van der Waals surface area contributed by atoms with Crippen molar-refractivity contribution in [2.45, 2.75) is 71.9 Å². The third-order valence-electron chi connectivity index (χ3n) is 7.08. The summed E-state index contributed by atoms with van der Waals surface area (Å²) in [7, 11) is -1.51. The minimum absolute atomic E-state index is 0.278. The Morgan fingerprint density at radius 2 is 1.84 bits per heavy atom. The second-order valence-corrected chi connectivity index (χ2v) is 11.9. The fourth-order valence-electron chi connectivity index (χ4n) is 4.85. The van der Waals surface area contributed by atoms with Gasteiger partial charge in [-0.25, -0.2) is 9.78 Å². The Bertz CT molecular complexity index is 1380. The molecule has 0 amide bonds. The average molecular weight is 547 g/mol. The molecular formula is C27H39N4O6P. The lowest BCUT2D eigenvalue weighted by molar-refractivity contribution is 0.219. The Morgan fingerprint density at radius 3 is 2.50 bits per heavy atom. The zero-order chi connectivity index (χ0) is 27.1. The molecule has 1 aromatic carbocycles. The number of ether oxygens (including phenoxy) is 1. The van der Waals surface area contributed by atoms with Crippen LogP contribution in [0.5, 0.6) is 5.75 Å². The number of unbranched alkanes of at least 4 members (excludes halogenated alkanes) is 1. The van der Waals surface area contributed by atoms with Gasteiger partial charge in [0.1, 0.15) is 17.1 Å². The van der Waals surface area contributed by atoms with Crippen molar-refractivity contribution in [3.63, 3.8) is 0 Å². The van der Waals surface area contributed by atoms with Crippen molar-refractivity contribution in [2.75, 3.05) is 26.5 Å². The molecule has 1 aliphatic carbocycles. The summed E-state index contributed by atoms with van der Waals surface area (Å²) in [6.07, 6.45) is 5.90. The normalized spacial score (nSPS) is 14.2. The van der Waals surface area contributed by atoms with Crippen LogP contribution in [0.25, 0.3) is 11.2 Å². The van der Waals surface area contributed by atoms with Gasteiger partial charge in [0.05, 0.1) is 26.5 Å². The number of nitrogens with zero attached hydrogens (tertiary/aromatic N) is 3. The number of aromatic nitrogens is 4. The fraction of sp³-hybridized carbons (Fsp3) is 0.593. The van der Waals surface area contributed by atoms with Crippen LogP contribution in [0.2, 0.25) is 0 Å². The van der Waals surface area contributed by atoms with Crippen molar-refractivity contribution in [1.82, 2.24) is 19.1 Å². The minimum Gasteiger partial charge on any atom is -0.497 e. The summed E-state index contributed by atoms with van der Waals surface area (Å²) in [4.78, 5) is 34.7. The van der Waals surface area contributed by atoms with Gasteiger partial charge in [-0.3, -0.25) is 18.5 Å². The number of rotatable bonds is 15. The van der Waals surface area contributed by atoms with Crippen molar-refractivity contribution in [3.8, 4) is 5.75 Å². The van der Waals surface area contributed by atoms with E-state index >= 15 is 0 Å². The molecule has 2 aromatic heterocycles. The second kappa shape index (κ2) is 12.9. The summed E-state index contributed by atoms with van der Waals surface area (Å²) in [5, 5.41) is 0. The third kappa shape index (κ3) is 6.65. The number of aromatic amines is 1. The van der Waals surface area contributed by atoms with Crippen molar-refractivity contribution in [3.05, 3.63) is 56.5 Å². The molecule has 10 nitrogen and oxygen atoms in total. The van der Waals surface area contributed by atoms with Gasteiger partial charge in [-0.1, -0.05) is 18.6 Å². The Kier molecular flexibility index (Phi) is 9.63. The Morgan fingerprint density at radius 1 is 1.08 bits per heavy atom. The largest absolute Gasteiger partial charge is 0.497 e. The fourth-order valence-corrected chi connectivity index (χ4v) is 6.59. The number of hydrogen-bond acceptors (Lipinski definition) is 7. The summed E-state index contributed by atoms with van der Waals surface area (Å²) in [6, 6.07) is 7.85. The van der Waals surface area contributed by atoms with E-state index in [1.54, 1.807) is 25.5 Å². The molecule has 4 rings (SSSR count). The summed E-state index contributed by atoms with van der Waals surface area (Å²) >= 11 is 0. The van der Waals surface area contributed by atoms with E-state index in [0.29, 0.717) is 74.9 Å². The highest BCUT2D eigenvalue weighted by Crippen LogP contribution is 2.48. The number of H-pyrrole nitrogens is 1. The molecule has 208 valence electrons. The molecule has 2 heterocycles. The molecule has 1 saturated carbocycles. The van der Waals surface area contributed by atoms with Crippen LogP contribution in [0.1, 0.15) is 57.3 Å². The van der Waals surface area contributed by atoms with Crippen molar-refractivity contribution in [1.29, 1.82) is 0 Å². The van der Waals surface area contributed by atoms with Gasteiger partial charge in [0.2, 0.25) is 0 Å². The predicted molar refractivity (Wildman–Crippen MR) is 147 cm³/mol. The molecule has 0 unspecified atom stereocenters. The molecule has 0 bridgehead atoms. The highest BCUT2D eigenvalue weighted by atomic mass is 31.2. The van der Waals surface area contributed by atoms with E-state index in [2.05, 4.69) is 4.98 Å². The van der Waals surface area contributed by atoms with E-state index in [-0.39, 0.29) is 17.4 Å². The molecule has 38 heavy (non-hydrogen) atoms. The number of imidazole rings is 1. The molecule has 0 atom stereocenters. The van der Waals surface area contributed by atoms with Crippen LogP contribution >= 0.6 is 7.60 Å². The Labute approximate surface area is 222 Å². The molecule has 0 saturated heterocycles. The topological polar surface area (TPSA) is 117 Å². The first-order chi connectivity index (χ1) is 18.4. The lowest BCUT2D eigenvalue weighted by Gasteiger charge is -2.25. The van der Waals surface area contributed by atoms with E-state index in [1.165, 1.54) is 4.57 Å². The zero-order valence-electron chi connectivity index (χ0n) is 22.6. The maximum atomic E-state index is 13.5. The van der Waals surface area contributed by atoms with Gasteiger partial charge in [-0.15, -0.1) is 0 Å². The minimum atomic E-state index is -3.15. The third-order valence-corrected chi connectivity index (χ3v) is 9.24. The van der Waals surface area contributed by atoms with Crippen molar-refractivity contribution < 1.29 is 18.3 Å². The maximum absolute atomic E-state index is 13.5. The summed E-state index contributed by atoms with van der Waals surface area (Å²) in [5.41, 5.74) is 1.18. The van der Waals surface area contributed by atoms with Gasteiger partial charge in [0.15, 0.2) is 5.65 Å². The van der Waals surface area contributed by atoms with Crippen LogP contribution in [-0.2, 0) is 39.5 Å². The maximum Gasteiger partial charge on any atom is 0.332 e. The molecule has 1 fully saturated rings. The van der Waals surface area contributed by atoms with Gasteiger partial charge >= 0.3 is 13.3 Å². The quantitative estimate of drug-likeness (QED) is 0.220. The molecule has 0 radical (unpaired) electrons. The second-order valence-electron chi connectivity index (χ2n) is 9.76. The van der Waals surface area contributed by atoms with Gasteiger partial charge in [0, 0.05) is 19.5 Å².